The van der Waals surface area contributed by atoms with Crippen LogP contribution in [-0.2, 0) is 14.8 Å². The topological polar surface area (TPSA) is 81.7 Å². The van der Waals surface area contributed by atoms with Crippen LogP contribution in [0.15, 0.2) is 53.4 Å². The number of aryl methyl sites for hydroxylation is 1. The summed E-state index contributed by atoms with van der Waals surface area (Å²) >= 11 is 0. The summed E-state index contributed by atoms with van der Waals surface area (Å²) in [5.41, 5.74) is 0.772. The van der Waals surface area contributed by atoms with Gasteiger partial charge in [0.05, 0.1) is 10.5 Å². The molecule has 0 saturated carbocycles. The van der Waals surface area contributed by atoms with Gasteiger partial charge in [0.1, 0.15) is 19.0 Å². The molecule has 0 bridgehead atoms. The molecule has 0 spiro atoms. The molecule has 27 heavy (non-hydrogen) atoms. The molecule has 2 rings (SSSR count). The summed E-state index contributed by atoms with van der Waals surface area (Å²) in [5.74, 6) is 0.183. The van der Waals surface area contributed by atoms with Gasteiger partial charge in [-0.1, -0.05) is 12.1 Å². The minimum Gasteiger partial charge on any atom is -0.490 e. The summed E-state index contributed by atoms with van der Waals surface area (Å²) in [6.07, 6.45) is 0. The molecule has 6 nitrogen and oxygen atoms in total. The van der Waals surface area contributed by atoms with Crippen LogP contribution >= 0.6 is 0 Å². The van der Waals surface area contributed by atoms with E-state index in [1.807, 2.05) is 31.2 Å². The van der Waals surface area contributed by atoms with Gasteiger partial charge < -0.3 is 9.47 Å². The average molecular weight is 391 g/mol. The van der Waals surface area contributed by atoms with Crippen molar-refractivity contribution in [2.75, 3.05) is 13.2 Å². The number of carbonyl (C=O) groups excluding carboxylic acids is 1. The molecule has 2 aromatic rings. The first-order chi connectivity index (χ1) is 12.6. The van der Waals surface area contributed by atoms with Crippen LogP contribution in [0.25, 0.3) is 0 Å². The minimum absolute atomic E-state index is 0.0942. The lowest BCUT2D eigenvalue weighted by molar-refractivity contribution is 0.0450. The normalized spacial score (nSPS) is 11.9. The summed E-state index contributed by atoms with van der Waals surface area (Å²) < 4.78 is 37.7. The summed E-state index contributed by atoms with van der Waals surface area (Å²) in [4.78, 5) is 12.2. The summed E-state index contributed by atoms with van der Waals surface area (Å²) in [7, 11) is -3.64. The lowest BCUT2D eigenvalue weighted by Gasteiger charge is -2.20. The smallest absolute Gasteiger partial charge is 0.338 e. The van der Waals surface area contributed by atoms with Crippen molar-refractivity contribution in [2.24, 2.45) is 0 Å². The monoisotopic (exact) mass is 391 g/mol. The number of carbonyl (C=O) groups is 1. The SMILES string of the molecule is Cc1cccc(OCCOC(=O)c2ccc(S(=O)(=O)NC(C)(C)C)cc2)c1. The maximum atomic E-state index is 12.3. The summed E-state index contributed by atoms with van der Waals surface area (Å²) in [5, 5.41) is 0. The van der Waals surface area contributed by atoms with Crippen molar-refractivity contribution in [1.29, 1.82) is 0 Å². The maximum Gasteiger partial charge on any atom is 0.338 e. The van der Waals surface area contributed by atoms with Crippen molar-refractivity contribution in [3.63, 3.8) is 0 Å². The molecule has 7 heteroatoms. The first kappa shape index (κ1) is 20.9. The number of hydrogen-bond acceptors (Lipinski definition) is 5. The molecule has 2 aromatic carbocycles. The number of esters is 1. The molecule has 0 aliphatic heterocycles. The molecule has 0 atom stereocenters. The van der Waals surface area contributed by atoms with Crippen LogP contribution in [0.4, 0.5) is 0 Å². The van der Waals surface area contributed by atoms with E-state index in [1.54, 1.807) is 20.8 Å². The maximum absolute atomic E-state index is 12.3. The van der Waals surface area contributed by atoms with Crippen molar-refractivity contribution in [2.45, 2.75) is 38.1 Å². The fourth-order valence-corrected chi connectivity index (χ4v) is 3.73. The second kappa shape index (κ2) is 8.54. The first-order valence-corrected chi connectivity index (χ1v) is 10.1. The molecule has 0 saturated heterocycles. The van der Waals surface area contributed by atoms with E-state index in [9.17, 15) is 13.2 Å². The second-order valence-electron chi connectivity index (χ2n) is 7.18. The predicted molar refractivity (Wildman–Crippen MR) is 103 cm³/mol. The second-order valence-corrected chi connectivity index (χ2v) is 8.86. The van der Waals surface area contributed by atoms with E-state index < -0.39 is 21.5 Å². The largest absolute Gasteiger partial charge is 0.490 e. The van der Waals surface area contributed by atoms with Gasteiger partial charge in [-0.2, -0.15) is 0 Å². The highest BCUT2D eigenvalue weighted by Crippen LogP contribution is 2.15. The zero-order valence-electron chi connectivity index (χ0n) is 16.0. The number of hydrogen-bond donors (Lipinski definition) is 1. The molecular weight excluding hydrogens is 366 g/mol. The molecule has 0 aliphatic carbocycles. The Balaban J connectivity index is 1.88. The molecule has 0 fully saturated rings. The fourth-order valence-electron chi connectivity index (χ4n) is 2.31. The van der Waals surface area contributed by atoms with Crippen molar-refractivity contribution in [1.82, 2.24) is 4.72 Å². The van der Waals surface area contributed by atoms with E-state index in [0.29, 0.717) is 5.75 Å². The Hall–Kier alpha value is -2.38. The fraction of sp³-hybridized carbons (Fsp3) is 0.350. The van der Waals surface area contributed by atoms with E-state index in [2.05, 4.69) is 4.72 Å². The first-order valence-electron chi connectivity index (χ1n) is 8.57. The molecule has 1 N–H and O–H groups in total. The zero-order chi connectivity index (χ0) is 20.1. The van der Waals surface area contributed by atoms with Gasteiger partial charge in [0.2, 0.25) is 10.0 Å². The Morgan fingerprint density at radius 3 is 2.30 bits per heavy atom. The van der Waals surface area contributed by atoms with E-state index >= 15 is 0 Å². The van der Waals surface area contributed by atoms with Crippen LogP contribution in [0.2, 0.25) is 0 Å². The number of ether oxygens (including phenoxy) is 2. The van der Waals surface area contributed by atoms with Gasteiger partial charge >= 0.3 is 5.97 Å². The van der Waals surface area contributed by atoms with Crippen molar-refractivity contribution < 1.29 is 22.7 Å². The Kier molecular flexibility index (Phi) is 6.62. The molecule has 0 amide bonds. The van der Waals surface area contributed by atoms with Gasteiger partial charge in [0, 0.05) is 5.54 Å². The van der Waals surface area contributed by atoms with Gasteiger partial charge in [0.25, 0.3) is 0 Å². The Labute approximate surface area is 160 Å². The Morgan fingerprint density at radius 2 is 1.70 bits per heavy atom. The summed E-state index contributed by atoms with van der Waals surface area (Å²) in [6, 6.07) is 13.2. The number of rotatable bonds is 7. The highest BCUT2D eigenvalue weighted by Gasteiger charge is 2.22. The molecule has 0 unspecified atom stereocenters. The van der Waals surface area contributed by atoms with E-state index in [0.717, 1.165) is 5.56 Å². The van der Waals surface area contributed by atoms with E-state index in [-0.39, 0.29) is 23.7 Å². The van der Waals surface area contributed by atoms with E-state index in [4.69, 9.17) is 9.47 Å². The van der Waals surface area contributed by atoms with E-state index in [1.165, 1.54) is 24.3 Å². The van der Waals surface area contributed by atoms with Gasteiger partial charge in [-0.15, -0.1) is 0 Å². The van der Waals surface area contributed by atoms with Crippen LogP contribution in [0.3, 0.4) is 0 Å². The molecule has 146 valence electrons. The van der Waals surface area contributed by atoms with Crippen molar-refractivity contribution in [3.8, 4) is 5.75 Å². The lowest BCUT2D eigenvalue weighted by atomic mass is 10.1. The molecule has 0 aromatic heterocycles. The minimum atomic E-state index is -3.64. The van der Waals surface area contributed by atoms with Crippen LogP contribution in [0.1, 0.15) is 36.7 Å². The van der Waals surface area contributed by atoms with Crippen LogP contribution < -0.4 is 9.46 Å². The van der Waals surface area contributed by atoms with Gasteiger partial charge in [-0.05, 0) is 69.7 Å². The third kappa shape index (κ3) is 6.69. The Bertz CT molecular complexity index is 883. The number of benzene rings is 2. The van der Waals surface area contributed by atoms with Crippen LogP contribution in [0, 0.1) is 6.92 Å². The summed E-state index contributed by atoms with van der Waals surface area (Å²) in [6.45, 7) is 7.57. The third-order valence-corrected chi connectivity index (χ3v) is 5.19. The molecular formula is C20H25NO5S. The van der Waals surface area contributed by atoms with Gasteiger partial charge in [-0.25, -0.2) is 17.9 Å². The molecule has 0 aliphatic rings. The van der Waals surface area contributed by atoms with Crippen LogP contribution in [0.5, 0.6) is 5.75 Å². The van der Waals surface area contributed by atoms with Crippen molar-refractivity contribution in [3.05, 3.63) is 59.7 Å². The number of nitrogens with one attached hydrogen (secondary N) is 1. The van der Waals surface area contributed by atoms with Crippen molar-refractivity contribution >= 4 is 16.0 Å². The molecule has 0 heterocycles. The highest BCUT2D eigenvalue weighted by atomic mass is 32.2. The number of sulfonamides is 1. The zero-order valence-corrected chi connectivity index (χ0v) is 16.8. The van der Waals surface area contributed by atoms with Gasteiger partial charge in [-0.3, -0.25) is 0 Å². The standard InChI is InChI=1S/C20H25NO5S/c1-15-6-5-7-17(14-15)25-12-13-26-19(22)16-8-10-18(11-9-16)27(23,24)21-20(2,3)4/h5-11,14,21H,12-13H2,1-4H3. The average Bonchev–Trinajstić information content (AvgIpc) is 2.57. The predicted octanol–water partition coefficient (Wildman–Crippen LogP) is 3.31. The highest BCUT2D eigenvalue weighted by molar-refractivity contribution is 7.89. The van der Waals surface area contributed by atoms with Gasteiger partial charge in [0.15, 0.2) is 0 Å². The van der Waals surface area contributed by atoms with Crippen LogP contribution in [-0.4, -0.2) is 33.1 Å². The lowest BCUT2D eigenvalue weighted by Crippen LogP contribution is -2.40. The molecule has 0 radical (unpaired) electrons. The Morgan fingerprint density at radius 1 is 1.04 bits per heavy atom. The third-order valence-electron chi connectivity index (χ3n) is 3.42. The quantitative estimate of drug-likeness (QED) is 0.578.